The summed E-state index contributed by atoms with van der Waals surface area (Å²) >= 11 is 5.88. The third-order valence-corrected chi connectivity index (χ3v) is 6.48. The second-order valence-corrected chi connectivity index (χ2v) is 7.95. The molecule has 1 saturated heterocycles. The van der Waals surface area contributed by atoms with Gasteiger partial charge in [-0.1, -0.05) is 24.6 Å². The fourth-order valence-electron chi connectivity index (χ4n) is 2.93. The largest absolute Gasteiger partial charge is 0.417 e. The molecule has 1 aromatic carbocycles. The molecular formula is C15H20ClF3N2O2S. The van der Waals surface area contributed by atoms with Crippen LogP contribution in [0.1, 0.15) is 31.7 Å². The van der Waals surface area contributed by atoms with Gasteiger partial charge in [-0.15, -0.1) is 0 Å². The number of hydrogen-bond donors (Lipinski definition) is 1. The summed E-state index contributed by atoms with van der Waals surface area (Å²) < 4.78 is 67.1. The molecule has 0 bridgehead atoms. The molecule has 1 fully saturated rings. The number of rotatable bonds is 5. The van der Waals surface area contributed by atoms with Gasteiger partial charge in [-0.05, 0) is 44.5 Å². The van der Waals surface area contributed by atoms with Gasteiger partial charge < -0.3 is 5.32 Å². The Kier molecular flexibility index (Phi) is 6.17. The first-order valence-corrected chi connectivity index (χ1v) is 9.59. The van der Waals surface area contributed by atoms with Gasteiger partial charge in [0, 0.05) is 12.6 Å². The normalized spacial score (nSPS) is 17.4. The maximum atomic E-state index is 13.3. The van der Waals surface area contributed by atoms with Gasteiger partial charge in [-0.25, -0.2) is 8.42 Å². The highest BCUT2D eigenvalue weighted by Crippen LogP contribution is 2.39. The van der Waals surface area contributed by atoms with E-state index in [4.69, 9.17) is 11.6 Å². The van der Waals surface area contributed by atoms with E-state index < -0.39 is 31.7 Å². The van der Waals surface area contributed by atoms with Crippen LogP contribution in [-0.2, 0) is 16.2 Å². The fourth-order valence-corrected chi connectivity index (χ4v) is 5.43. The molecular weight excluding hydrogens is 365 g/mol. The molecule has 1 aromatic rings. The highest BCUT2D eigenvalue weighted by atomic mass is 35.5. The van der Waals surface area contributed by atoms with Crippen LogP contribution in [0.5, 0.6) is 0 Å². The summed E-state index contributed by atoms with van der Waals surface area (Å²) in [7, 11) is -4.35. The van der Waals surface area contributed by atoms with E-state index in [0.29, 0.717) is 32.4 Å². The number of halogens is 4. The van der Waals surface area contributed by atoms with Crippen LogP contribution in [-0.4, -0.2) is 38.4 Å². The number of alkyl halides is 3. The monoisotopic (exact) mass is 384 g/mol. The van der Waals surface area contributed by atoms with Crippen molar-refractivity contribution in [1.29, 1.82) is 0 Å². The van der Waals surface area contributed by atoms with Crippen LogP contribution in [0, 0.1) is 0 Å². The molecule has 0 radical (unpaired) electrons. The molecule has 1 N–H and O–H groups in total. The molecule has 0 amide bonds. The average molecular weight is 385 g/mol. The van der Waals surface area contributed by atoms with Crippen LogP contribution in [0.4, 0.5) is 13.2 Å². The molecule has 4 nitrogen and oxygen atoms in total. The molecule has 1 aliphatic rings. The van der Waals surface area contributed by atoms with Gasteiger partial charge in [-0.2, -0.15) is 17.5 Å². The maximum absolute atomic E-state index is 13.3. The standard InChI is InChI=1S/C15H20ClF3N2O2S/c1-2-10-21(11-6-8-20-9-7-11)24(22,23)14-12(15(17,18)19)4-3-5-13(14)16/h3-5,11,20H,2,6-10H2,1H3. The SMILES string of the molecule is CCCN(C1CCNCC1)S(=O)(=O)c1c(Cl)cccc1C(F)(F)F. The number of nitrogens with zero attached hydrogens (tertiary/aromatic N) is 1. The minimum Gasteiger partial charge on any atom is -0.317 e. The van der Waals surface area contributed by atoms with Crippen LogP contribution in [0.2, 0.25) is 5.02 Å². The van der Waals surface area contributed by atoms with Crippen molar-refractivity contribution < 1.29 is 21.6 Å². The highest BCUT2D eigenvalue weighted by Gasteiger charge is 2.42. The average Bonchev–Trinajstić information content (AvgIpc) is 2.52. The topological polar surface area (TPSA) is 49.4 Å². The van der Waals surface area contributed by atoms with E-state index in [9.17, 15) is 21.6 Å². The van der Waals surface area contributed by atoms with Crippen molar-refractivity contribution in [2.24, 2.45) is 0 Å². The Hall–Kier alpha value is -0.830. The van der Waals surface area contributed by atoms with E-state index in [1.807, 2.05) is 0 Å². The first-order chi connectivity index (χ1) is 11.2. The summed E-state index contributed by atoms with van der Waals surface area (Å²) in [5.74, 6) is 0. The number of hydrogen-bond acceptors (Lipinski definition) is 3. The zero-order valence-corrected chi connectivity index (χ0v) is 14.8. The molecule has 9 heteroatoms. The smallest absolute Gasteiger partial charge is 0.317 e. The molecule has 0 aliphatic carbocycles. The Morgan fingerprint density at radius 2 is 1.92 bits per heavy atom. The van der Waals surface area contributed by atoms with Crippen LogP contribution in [0.15, 0.2) is 23.1 Å². The molecule has 1 aliphatic heterocycles. The van der Waals surface area contributed by atoms with Crippen molar-refractivity contribution in [3.05, 3.63) is 28.8 Å². The first-order valence-electron chi connectivity index (χ1n) is 7.78. The van der Waals surface area contributed by atoms with E-state index in [1.54, 1.807) is 6.92 Å². The van der Waals surface area contributed by atoms with Crippen molar-refractivity contribution >= 4 is 21.6 Å². The predicted octanol–water partition coefficient (Wildman–Crippen LogP) is 3.51. The first kappa shape index (κ1) is 19.5. The van der Waals surface area contributed by atoms with Crippen molar-refractivity contribution in [3.8, 4) is 0 Å². The van der Waals surface area contributed by atoms with Crippen LogP contribution < -0.4 is 5.32 Å². The lowest BCUT2D eigenvalue weighted by Gasteiger charge is -2.34. The van der Waals surface area contributed by atoms with Crippen LogP contribution in [0.3, 0.4) is 0 Å². The van der Waals surface area contributed by atoms with Crippen LogP contribution >= 0.6 is 11.6 Å². The Bertz CT molecular complexity index is 674. The second kappa shape index (κ2) is 7.59. The van der Waals surface area contributed by atoms with Gasteiger partial charge in [0.1, 0.15) is 4.90 Å². The number of benzene rings is 1. The number of piperidine rings is 1. The van der Waals surface area contributed by atoms with E-state index in [2.05, 4.69) is 5.32 Å². The van der Waals surface area contributed by atoms with E-state index >= 15 is 0 Å². The summed E-state index contributed by atoms with van der Waals surface area (Å²) in [4.78, 5) is -0.842. The van der Waals surface area contributed by atoms with Gasteiger partial charge in [-0.3, -0.25) is 0 Å². The van der Waals surface area contributed by atoms with Gasteiger partial charge in [0.05, 0.1) is 10.6 Å². The Balaban J connectivity index is 2.55. The van der Waals surface area contributed by atoms with Gasteiger partial charge in [0.2, 0.25) is 10.0 Å². The summed E-state index contributed by atoms with van der Waals surface area (Å²) in [5.41, 5.74) is -1.22. The lowest BCUT2D eigenvalue weighted by molar-refractivity contribution is -0.139. The molecule has 0 saturated carbocycles. The van der Waals surface area contributed by atoms with Gasteiger partial charge in [0.15, 0.2) is 0 Å². The Morgan fingerprint density at radius 1 is 1.29 bits per heavy atom. The molecule has 136 valence electrons. The zero-order chi connectivity index (χ0) is 18.0. The fraction of sp³-hybridized carbons (Fsp3) is 0.600. The molecule has 2 rings (SSSR count). The van der Waals surface area contributed by atoms with Crippen molar-refractivity contribution in [2.75, 3.05) is 19.6 Å². The summed E-state index contributed by atoms with van der Waals surface area (Å²) in [6, 6.07) is 2.72. The minimum atomic E-state index is -4.79. The lowest BCUT2D eigenvalue weighted by Crippen LogP contribution is -2.46. The summed E-state index contributed by atoms with van der Waals surface area (Å²) in [6.45, 7) is 3.22. The highest BCUT2D eigenvalue weighted by molar-refractivity contribution is 7.89. The maximum Gasteiger partial charge on any atom is 0.417 e. The molecule has 0 unspecified atom stereocenters. The van der Waals surface area contributed by atoms with E-state index in [-0.39, 0.29) is 12.6 Å². The predicted molar refractivity (Wildman–Crippen MR) is 86.5 cm³/mol. The number of sulfonamides is 1. The van der Waals surface area contributed by atoms with E-state index in [1.165, 1.54) is 10.4 Å². The van der Waals surface area contributed by atoms with Gasteiger partial charge in [0.25, 0.3) is 0 Å². The minimum absolute atomic E-state index is 0.162. The Labute approximate surface area is 145 Å². The third-order valence-electron chi connectivity index (χ3n) is 4.00. The number of nitrogens with one attached hydrogen (secondary N) is 1. The van der Waals surface area contributed by atoms with Crippen molar-refractivity contribution in [1.82, 2.24) is 9.62 Å². The van der Waals surface area contributed by atoms with Crippen molar-refractivity contribution in [2.45, 2.75) is 43.3 Å². The summed E-state index contributed by atoms with van der Waals surface area (Å²) in [5, 5.41) is 2.72. The quantitative estimate of drug-likeness (QED) is 0.845. The molecule has 0 spiro atoms. The summed E-state index contributed by atoms with van der Waals surface area (Å²) in [6.07, 6.45) is -3.16. The van der Waals surface area contributed by atoms with Gasteiger partial charge >= 0.3 is 6.18 Å². The zero-order valence-electron chi connectivity index (χ0n) is 13.2. The second-order valence-electron chi connectivity index (χ2n) is 5.71. The third kappa shape index (κ3) is 4.04. The van der Waals surface area contributed by atoms with Crippen LogP contribution in [0.25, 0.3) is 0 Å². The molecule has 0 atom stereocenters. The molecule has 0 aromatic heterocycles. The van der Waals surface area contributed by atoms with Crippen molar-refractivity contribution in [3.63, 3.8) is 0 Å². The Morgan fingerprint density at radius 3 is 2.46 bits per heavy atom. The van der Waals surface area contributed by atoms with E-state index in [0.717, 1.165) is 12.1 Å². The lowest BCUT2D eigenvalue weighted by atomic mass is 10.1. The molecule has 1 heterocycles. The molecule has 24 heavy (non-hydrogen) atoms.